The third-order valence-corrected chi connectivity index (χ3v) is 4.96. The predicted molar refractivity (Wildman–Crippen MR) is 123 cm³/mol. The van der Waals surface area contributed by atoms with Gasteiger partial charge in [-0.05, 0) is 72.5 Å². The highest BCUT2D eigenvalue weighted by Gasteiger charge is 2.13. The van der Waals surface area contributed by atoms with Crippen LogP contribution in [0.3, 0.4) is 0 Å². The normalized spacial score (nSPS) is 10.7. The van der Waals surface area contributed by atoms with Crippen LogP contribution in [0.15, 0.2) is 71.8 Å². The lowest BCUT2D eigenvalue weighted by molar-refractivity contribution is -0.136. The molecule has 0 saturated carbocycles. The topological polar surface area (TPSA) is 79.8 Å². The highest BCUT2D eigenvalue weighted by atomic mass is 35.5. The minimum absolute atomic E-state index is 0.431. The second-order valence-corrected chi connectivity index (χ2v) is 7.31. The molecular formula is C24H22ClN3O3. The third kappa shape index (κ3) is 6.42. The van der Waals surface area contributed by atoms with Crippen molar-refractivity contribution in [1.82, 2.24) is 5.43 Å². The minimum atomic E-state index is -0.883. The van der Waals surface area contributed by atoms with Gasteiger partial charge in [0.15, 0.2) is 0 Å². The number of amides is 2. The van der Waals surface area contributed by atoms with Crippen molar-refractivity contribution in [2.75, 3.05) is 5.32 Å². The van der Waals surface area contributed by atoms with Crippen molar-refractivity contribution in [1.29, 1.82) is 0 Å². The van der Waals surface area contributed by atoms with Crippen molar-refractivity contribution in [3.05, 3.63) is 94.0 Å². The van der Waals surface area contributed by atoms with Crippen molar-refractivity contribution >= 4 is 35.3 Å². The number of nitrogens with zero attached hydrogens (tertiary/aromatic N) is 1. The van der Waals surface area contributed by atoms with Gasteiger partial charge in [0.25, 0.3) is 0 Å². The summed E-state index contributed by atoms with van der Waals surface area (Å²) in [6, 6.07) is 20.3. The fourth-order valence-electron chi connectivity index (χ4n) is 2.66. The zero-order chi connectivity index (χ0) is 22.2. The van der Waals surface area contributed by atoms with Crippen molar-refractivity contribution in [2.45, 2.75) is 20.5 Å². The summed E-state index contributed by atoms with van der Waals surface area (Å²) in [6.07, 6.45) is 1.44. The van der Waals surface area contributed by atoms with Crippen LogP contribution >= 0.6 is 11.6 Å². The van der Waals surface area contributed by atoms with Crippen LogP contribution in [0.25, 0.3) is 0 Å². The van der Waals surface area contributed by atoms with Crippen LogP contribution in [0, 0.1) is 13.8 Å². The molecule has 0 fully saturated rings. The highest BCUT2D eigenvalue weighted by molar-refractivity contribution is 6.39. The molecule has 0 heterocycles. The van der Waals surface area contributed by atoms with Crippen LogP contribution in [0.4, 0.5) is 5.69 Å². The van der Waals surface area contributed by atoms with Gasteiger partial charge in [0.05, 0.1) is 6.21 Å². The average Bonchev–Trinajstić information content (AvgIpc) is 2.76. The molecule has 0 aliphatic carbocycles. The maximum Gasteiger partial charge on any atom is 0.329 e. The lowest BCUT2D eigenvalue weighted by atomic mass is 10.1. The second-order valence-electron chi connectivity index (χ2n) is 6.90. The first-order valence-electron chi connectivity index (χ1n) is 9.60. The van der Waals surface area contributed by atoms with E-state index in [0.717, 1.165) is 22.4 Å². The first-order valence-corrected chi connectivity index (χ1v) is 9.98. The molecule has 7 heteroatoms. The fraction of sp³-hybridized carbons (Fsp3) is 0.125. The first-order chi connectivity index (χ1) is 14.9. The number of hydrogen-bond acceptors (Lipinski definition) is 4. The van der Waals surface area contributed by atoms with Crippen molar-refractivity contribution in [2.24, 2.45) is 5.10 Å². The van der Waals surface area contributed by atoms with Gasteiger partial charge in [0.2, 0.25) is 0 Å². The van der Waals surface area contributed by atoms with E-state index in [2.05, 4.69) is 15.8 Å². The average molecular weight is 436 g/mol. The Morgan fingerprint density at radius 1 is 0.968 bits per heavy atom. The Morgan fingerprint density at radius 2 is 1.71 bits per heavy atom. The van der Waals surface area contributed by atoms with E-state index >= 15 is 0 Å². The van der Waals surface area contributed by atoms with E-state index in [1.54, 1.807) is 30.3 Å². The maximum atomic E-state index is 12.0. The Balaban J connectivity index is 1.48. The van der Waals surface area contributed by atoms with Crippen LogP contribution < -0.4 is 15.5 Å². The molecule has 3 rings (SSSR count). The summed E-state index contributed by atoms with van der Waals surface area (Å²) < 4.78 is 5.80. The van der Waals surface area contributed by atoms with E-state index in [1.165, 1.54) is 11.8 Å². The molecule has 0 saturated heterocycles. The van der Waals surface area contributed by atoms with E-state index in [0.29, 0.717) is 17.3 Å². The molecule has 6 nitrogen and oxygen atoms in total. The molecule has 3 aromatic rings. The standard InChI is InChI=1S/C24H22ClN3O3/c1-16-5-3-4-6-19(16)15-31-21-11-8-18(9-12-21)14-26-28-24(30)23(29)27-20-10-7-17(2)22(25)13-20/h3-14H,15H2,1-2H3,(H,27,29)(H,28,30). The summed E-state index contributed by atoms with van der Waals surface area (Å²) in [4.78, 5) is 23.9. The van der Waals surface area contributed by atoms with E-state index in [9.17, 15) is 9.59 Å². The maximum absolute atomic E-state index is 12.0. The fourth-order valence-corrected chi connectivity index (χ4v) is 2.84. The summed E-state index contributed by atoms with van der Waals surface area (Å²) in [5.41, 5.74) is 6.55. The Hall–Kier alpha value is -3.64. The third-order valence-electron chi connectivity index (χ3n) is 4.55. The van der Waals surface area contributed by atoms with Gasteiger partial charge in [0.1, 0.15) is 12.4 Å². The second kappa shape index (κ2) is 10.4. The number of carbonyl (C=O) groups is 2. The molecule has 0 aliphatic heterocycles. The molecule has 0 aromatic heterocycles. The van der Waals surface area contributed by atoms with Gasteiger partial charge < -0.3 is 10.1 Å². The van der Waals surface area contributed by atoms with Crippen LogP contribution in [-0.4, -0.2) is 18.0 Å². The van der Waals surface area contributed by atoms with Crippen LogP contribution in [-0.2, 0) is 16.2 Å². The number of halogens is 1. The quantitative estimate of drug-likeness (QED) is 0.336. The molecule has 0 radical (unpaired) electrons. The number of ether oxygens (including phenoxy) is 1. The molecule has 0 aliphatic rings. The number of nitrogens with one attached hydrogen (secondary N) is 2. The highest BCUT2D eigenvalue weighted by Crippen LogP contribution is 2.20. The van der Waals surface area contributed by atoms with Crippen LogP contribution in [0.1, 0.15) is 22.3 Å². The van der Waals surface area contributed by atoms with Gasteiger partial charge in [0, 0.05) is 10.7 Å². The minimum Gasteiger partial charge on any atom is -0.489 e. The summed E-state index contributed by atoms with van der Waals surface area (Å²) in [7, 11) is 0. The number of anilines is 1. The zero-order valence-corrected chi connectivity index (χ0v) is 17.9. The molecule has 2 N–H and O–H groups in total. The van der Waals surface area contributed by atoms with Crippen LogP contribution in [0.2, 0.25) is 5.02 Å². The van der Waals surface area contributed by atoms with Gasteiger partial charge in [-0.2, -0.15) is 5.10 Å². The Morgan fingerprint density at radius 3 is 2.42 bits per heavy atom. The summed E-state index contributed by atoms with van der Waals surface area (Å²) in [5, 5.41) is 6.79. The number of aryl methyl sites for hydroxylation is 2. The Kier molecular flexibility index (Phi) is 7.40. The van der Waals surface area contributed by atoms with Gasteiger partial charge in [-0.25, -0.2) is 5.43 Å². The number of hydrazone groups is 1. The molecule has 3 aromatic carbocycles. The SMILES string of the molecule is Cc1ccc(NC(=O)C(=O)NN=Cc2ccc(OCc3ccccc3C)cc2)cc1Cl. The van der Waals surface area contributed by atoms with Gasteiger partial charge in [-0.1, -0.05) is 41.9 Å². The lowest BCUT2D eigenvalue weighted by Crippen LogP contribution is -2.32. The predicted octanol–water partition coefficient (Wildman–Crippen LogP) is 4.62. The smallest absolute Gasteiger partial charge is 0.329 e. The number of benzene rings is 3. The molecule has 0 bridgehead atoms. The summed E-state index contributed by atoms with van der Waals surface area (Å²) in [5.74, 6) is -0.997. The molecule has 2 amide bonds. The molecule has 0 spiro atoms. The van der Waals surface area contributed by atoms with E-state index in [-0.39, 0.29) is 0 Å². The van der Waals surface area contributed by atoms with E-state index in [4.69, 9.17) is 16.3 Å². The molecule has 0 unspecified atom stereocenters. The monoisotopic (exact) mass is 435 g/mol. The Labute approximate surface area is 185 Å². The van der Waals surface area contributed by atoms with Gasteiger partial charge in [-0.3, -0.25) is 9.59 Å². The molecule has 31 heavy (non-hydrogen) atoms. The number of hydrogen-bond donors (Lipinski definition) is 2. The van der Waals surface area contributed by atoms with Gasteiger partial charge >= 0.3 is 11.8 Å². The van der Waals surface area contributed by atoms with Crippen LogP contribution in [0.5, 0.6) is 5.75 Å². The largest absolute Gasteiger partial charge is 0.489 e. The summed E-state index contributed by atoms with van der Waals surface area (Å²) >= 11 is 6.01. The van der Waals surface area contributed by atoms with E-state index in [1.807, 2.05) is 50.2 Å². The van der Waals surface area contributed by atoms with Crippen molar-refractivity contribution in [3.8, 4) is 5.75 Å². The lowest BCUT2D eigenvalue weighted by Gasteiger charge is -2.08. The van der Waals surface area contributed by atoms with E-state index < -0.39 is 11.8 Å². The Bertz CT molecular complexity index is 1110. The molecule has 0 atom stereocenters. The van der Waals surface area contributed by atoms with Crippen molar-refractivity contribution < 1.29 is 14.3 Å². The number of rotatable bonds is 6. The van der Waals surface area contributed by atoms with Crippen molar-refractivity contribution in [3.63, 3.8) is 0 Å². The molecule has 158 valence electrons. The number of carbonyl (C=O) groups excluding carboxylic acids is 2. The zero-order valence-electron chi connectivity index (χ0n) is 17.2. The van der Waals surface area contributed by atoms with Gasteiger partial charge in [-0.15, -0.1) is 0 Å². The first kappa shape index (κ1) is 22.1. The molecular weight excluding hydrogens is 414 g/mol. The summed E-state index contributed by atoms with van der Waals surface area (Å²) in [6.45, 7) is 4.37.